The van der Waals surface area contributed by atoms with Crippen molar-refractivity contribution in [1.82, 2.24) is 15.3 Å². The number of furan rings is 1. The summed E-state index contributed by atoms with van der Waals surface area (Å²) in [5, 5.41) is 9.91. The Balaban J connectivity index is 1.35. The Morgan fingerprint density at radius 2 is 1.77 bits per heavy atom. The van der Waals surface area contributed by atoms with Crippen molar-refractivity contribution in [3.63, 3.8) is 0 Å². The minimum atomic E-state index is -0.247. The van der Waals surface area contributed by atoms with Crippen LogP contribution in [0.25, 0.3) is 22.5 Å². The molecule has 4 rings (SSSR count). The number of hydrogen-bond donors (Lipinski definition) is 3. The molecule has 4 aromatic rings. The summed E-state index contributed by atoms with van der Waals surface area (Å²) in [6.07, 6.45) is 1.60. The Kier molecular flexibility index (Phi) is 6.12. The summed E-state index contributed by atoms with van der Waals surface area (Å²) in [4.78, 5) is 21.4. The van der Waals surface area contributed by atoms with E-state index in [1.807, 2.05) is 54.6 Å². The summed E-state index contributed by atoms with van der Waals surface area (Å²) in [5.41, 5.74) is 2.82. The molecule has 2 heterocycles. The standard InChI is InChI=1S/C24H25N5O2/c1-16(2)17-9-11-18(12-10-17)27-24(30)26-14-13-25-22-19-6-3-4-7-20(19)28-23(29-22)21-8-5-15-31-21/h3-12,15-16H,13-14H2,1-2H3,(H,25,28,29)(H2,26,27,30). The van der Waals surface area contributed by atoms with Crippen LogP contribution in [-0.2, 0) is 0 Å². The molecule has 0 saturated heterocycles. The fourth-order valence-corrected chi connectivity index (χ4v) is 3.21. The number of fused-ring (bicyclic) bond motifs is 1. The highest BCUT2D eigenvalue weighted by atomic mass is 16.3. The van der Waals surface area contributed by atoms with Gasteiger partial charge < -0.3 is 20.4 Å². The van der Waals surface area contributed by atoms with Crippen LogP contribution in [0.4, 0.5) is 16.3 Å². The third-order valence-corrected chi connectivity index (χ3v) is 4.88. The first kappa shape index (κ1) is 20.4. The van der Waals surface area contributed by atoms with E-state index in [2.05, 4.69) is 39.8 Å². The second-order valence-corrected chi connectivity index (χ2v) is 7.47. The average Bonchev–Trinajstić information content (AvgIpc) is 3.32. The van der Waals surface area contributed by atoms with Gasteiger partial charge in [0, 0.05) is 24.2 Å². The third-order valence-electron chi connectivity index (χ3n) is 4.88. The molecule has 2 aromatic carbocycles. The van der Waals surface area contributed by atoms with Gasteiger partial charge in [0.25, 0.3) is 0 Å². The topological polar surface area (TPSA) is 92.1 Å². The van der Waals surface area contributed by atoms with E-state index >= 15 is 0 Å². The highest BCUT2D eigenvalue weighted by Crippen LogP contribution is 2.25. The number of aromatic nitrogens is 2. The van der Waals surface area contributed by atoms with Gasteiger partial charge >= 0.3 is 6.03 Å². The number of rotatable bonds is 7. The van der Waals surface area contributed by atoms with Crippen LogP contribution in [0.15, 0.2) is 71.3 Å². The van der Waals surface area contributed by atoms with Gasteiger partial charge in [-0.1, -0.05) is 38.1 Å². The summed E-state index contributed by atoms with van der Waals surface area (Å²) in [5.74, 6) is 2.28. The second-order valence-electron chi connectivity index (χ2n) is 7.47. The van der Waals surface area contributed by atoms with E-state index in [4.69, 9.17) is 4.42 Å². The van der Waals surface area contributed by atoms with Gasteiger partial charge in [0.2, 0.25) is 0 Å². The molecule has 0 fully saturated rings. The monoisotopic (exact) mass is 415 g/mol. The lowest BCUT2D eigenvalue weighted by Crippen LogP contribution is -2.32. The Labute approximate surface area is 180 Å². The average molecular weight is 415 g/mol. The van der Waals surface area contributed by atoms with Crippen LogP contribution >= 0.6 is 0 Å². The molecule has 2 aromatic heterocycles. The van der Waals surface area contributed by atoms with Gasteiger partial charge in [-0.2, -0.15) is 0 Å². The van der Waals surface area contributed by atoms with Gasteiger partial charge in [0.15, 0.2) is 11.6 Å². The van der Waals surface area contributed by atoms with Crippen LogP contribution in [0.1, 0.15) is 25.3 Å². The SMILES string of the molecule is CC(C)c1ccc(NC(=O)NCCNc2nc(-c3ccco3)nc3ccccc23)cc1. The molecule has 158 valence electrons. The van der Waals surface area contributed by atoms with Crippen LogP contribution in [0.2, 0.25) is 0 Å². The molecule has 0 bridgehead atoms. The minimum Gasteiger partial charge on any atom is -0.461 e. The summed E-state index contributed by atoms with van der Waals surface area (Å²) in [6, 6.07) is 19.0. The molecular formula is C24H25N5O2. The maximum Gasteiger partial charge on any atom is 0.319 e. The smallest absolute Gasteiger partial charge is 0.319 e. The van der Waals surface area contributed by atoms with Crippen molar-refractivity contribution in [2.75, 3.05) is 23.7 Å². The number of carbonyl (C=O) groups excluding carboxylic acids is 1. The van der Waals surface area contributed by atoms with Crippen molar-refractivity contribution >= 4 is 28.4 Å². The Morgan fingerprint density at radius 3 is 2.52 bits per heavy atom. The highest BCUT2D eigenvalue weighted by Gasteiger charge is 2.11. The second kappa shape index (κ2) is 9.30. The van der Waals surface area contributed by atoms with Crippen molar-refractivity contribution in [2.45, 2.75) is 19.8 Å². The highest BCUT2D eigenvalue weighted by molar-refractivity contribution is 5.91. The first-order valence-corrected chi connectivity index (χ1v) is 10.3. The van der Waals surface area contributed by atoms with Crippen LogP contribution < -0.4 is 16.0 Å². The summed E-state index contributed by atoms with van der Waals surface area (Å²) >= 11 is 0. The van der Waals surface area contributed by atoms with Gasteiger partial charge in [0.05, 0.1) is 11.8 Å². The summed E-state index contributed by atoms with van der Waals surface area (Å²) in [6.45, 7) is 5.23. The van der Waals surface area contributed by atoms with E-state index in [9.17, 15) is 4.79 Å². The van der Waals surface area contributed by atoms with Crippen LogP contribution in [0, 0.1) is 0 Å². The molecule has 0 spiro atoms. The molecule has 7 heteroatoms. The molecular weight excluding hydrogens is 390 g/mol. The van der Waals surface area contributed by atoms with Crippen molar-refractivity contribution in [1.29, 1.82) is 0 Å². The third kappa shape index (κ3) is 5.01. The molecule has 0 aliphatic heterocycles. The molecule has 0 unspecified atom stereocenters. The maximum absolute atomic E-state index is 12.2. The number of nitrogens with one attached hydrogen (secondary N) is 3. The number of anilines is 2. The molecule has 0 atom stereocenters. The van der Waals surface area contributed by atoms with Gasteiger partial charge in [0.1, 0.15) is 5.82 Å². The minimum absolute atomic E-state index is 0.247. The lowest BCUT2D eigenvalue weighted by Gasteiger charge is -2.12. The van der Waals surface area contributed by atoms with Crippen LogP contribution in [-0.4, -0.2) is 29.1 Å². The van der Waals surface area contributed by atoms with E-state index in [1.165, 1.54) is 5.56 Å². The molecule has 2 amide bonds. The number of benzene rings is 2. The lowest BCUT2D eigenvalue weighted by molar-refractivity contribution is 0.252. The predicted molar refractivity (Wildman–Crippen MR) is 123 cm³/mol. The normalized spacial score (nSPS) is 10.9. The van der Waals surface area contributed by atoms with Gasteiger partial charge in [-0.3, -0.25) is 0 Å². The molecule has 0 radical (unpaired) electrons. The first-order valence-electron chi connectivity index (χ1n) is 10.3. The zero-order chi connectivity index (χ0) is 21.6. The van der Waals surface area contributed by atoms with Gasteiger partial charge in [-0.15, -0.1) is 0 Å². The van der Waals surface area contributed by atoms with Gasteiger partial charge in [-0.25, -0.2) is 14.8 Å². The van der Waals surface area contributed by atoms with Crippen molar-refractivity contribution < 1.29 is 9.21 Å². The van der Waals surface area contributed by atoms with Crippen LogP contribution in [0.3, 0.4) is 0 Å². The summed E-state index contributed by atoms with van der Waals surface area (Å²) < 4.78 is 5.44. The number of nitrogens with zero attached hydrogens (tertiary/aromatic N) is 2. The molecule has 7 nitrogen and oxygen atoms in total. The molecule has 0 aliphatic rings. The number of urea groups is 1. The molecule has 31 heavy (non-hydrogen) atoms. The van der Waals surface area contributed by atoms with Crippen molar-refractivity contribution in [3.8, 4) is 11.6 Å². The largest absolute Gasteiger partial charge is 0.461 e. The molecule has 0 saturated carbocycles. The Morgan fingerprint density at radius 1 is 0.968 bits per heavy atom. The fourth-order valence-electron chi connectivity index (χ4n) is 3.21. The molecule has 3 N–H and O–H groups in total. The number of carbonyl (C=O) groups is 1. The zero-order valence-corrected chi connectivity index (χ0v) is 17.6. The number of hydrogen-bond acceptors (Lipinski definition) is 5. The van der Waals surface area contributed by atoms with Crippen molar-refractivity contribution in [3.05, 3.63) is 72.5 Å². The molecule has 0 aliphatic carbocycles. The number of para-hydroxylation sites is 1. The number of amides is 2. The predicted octanol–water partition coefficient (Wildman–Crippen LogP) is 5.25. The van der Waals surface area contributed by atoms with E-state index in [1.54, 1.807) is 12.3 Å². The zero-order valence-electron chi connectivity index (χ0n) is 17.6. The van der Waals surface area contributed by atoms with E-state index in [-0.39, 0.29) is 6.03 Å². The quantitative estimate of drug-likeness (QED) is 0.359. The summed E-state index contributed by atoms with van der Waals surface area (Å²) in [7, 11) is 0. The van der Waals surface area contributed by atoms with E-state index in [0.717, 1.165) is 16.6 Å². The first-order chi connectivity index (χ1) is 15.1. The lowest BCUT2D eigenvalue weighted by atomic mass is 10.0. The Bertz CT molecular complexity index is 1150. The van der Waals surface area contributed by atoms with Crippen molar-refractivity contribution in [2.24, 2.45) is 0 Å². The van der Waals surface area contributed by atoms with E-state index in [0.29, 0.717) is 36.4 Å². The van der Waals surface area contributed by atoms with Crippen LogP contribution in [0.5, 0.6) is 0 Å². The van der Waals surface area contributed by atoms with E-state index < -0.39 is 0 Å². The van der Waals surface area contributed by atoms with Gasteiger partial charge in [-0.05, 0) is 47.9 Å². The maximum atomic E-state index is 12.2. The Hall–Kier alpha value is -3.87. The fraction of sp³-hybridized carbons (Fsp3) is 0.208.